The molecule has 6 N–H and O–H groups in total. The molecule has 0 aliphatic heterocycles. The standard InChI is InChI=1S/C6H9NO6.H3N.Ni/c8-4(9)1-7(2-5(10)11)3-6(12)13;;/h1-3H2,(H,8,9)(H,10,11)(H,12,13);1H3;. The van der Waals surface area contributed by atoms with Gasteiger partial charge in [0.2, 0.25) is 0 Å². The van der Waals surface area contributed by atoms with E-state index in [1.54, 1.807) is 0 Å². The largest absolute Gasteiger partial charge is 0.480 e. The molecule has 0 aromatic heterocycles. The van der Waals surface area contributed by atoms with E-state index in [9.17, 15) is 14.4 Å². The van der Waals surface area contributed by atoms with Crippen molar-refractivity contribution in [1.82, 2.24) is 11.1 Å². The van der Waals surface area contributed by atoms with Crippen molar-refractivity contribution in [1.29, 1.82) is 0 Å². The Bertz CT molecular complexity index is 196. The Morgan fingerprint density at radius 1 is 0.800 bits per heavy atom. The molecule has 15 heavy (non-hydrogen) atoms. The molecule has 0 heterocycles. The van der Waals surface area contributed by atoms with E-state index in [2.05, 4.69) is 0 Å². The molecule has 9 heteroatoms. The van der Waals surface area contributed by atoms with Crippen LogP contribution in [0, 0.1) is 0 Å². The van der Waals surface area contributed by atoms with Gasteiger partial charge in [-0.2, -0.15) is 0 Å². The maximum atomic E-state index is 10.1. The molecule has 0 saturated carbocycles. The van der Waals surface area contributed by atoms with Gasteiger partial charge in [0.25, 0.3) is 0 Å². The maximum Gasteiger partial charge on any atom is 0.317 e. The molecule has 0 aliphatic carbocycles. The minimum Gasteiger partial charge on any atom is -0.480 e. The van der Waals surface area contributed by atoms with E-state index in [1.165, 1.54) is 0 Å². The van der Waals surface area contributed by atoms with Crippen molar-refractivity contribution in [2.45, 2.75) is 0 Å². The van der Waals surface area contributed by atoms with E-state index < -0.39 is 37.5 Å². The summed E-state index contributed by atoms with van der Waals surface area (Å²) in [6.07, 6.45) is 0. The van der Waals surface area contributed by atoms with Crippen molar-refractivity contribution in [3.05, 3.63) is 0 Å². The van der Waals surface area contributed by atoms with Crippen molar-refractivity contribution < 1.29 is 46.2 Å². The molecule has 0 bridgehead atoms. The summed E-state index contributed by atoms with van der Waals surface area (Å²) in [6, 6.07) is 0. The fourth-order valence-corrected chi connectivity index (χ4v) is 0.742. The van der Waals surface area contributed by atoms with E-state index >= 15 is 0 Å². The third-order valence-electron chi connectivity index (χ3n) is 1.08. The molecule has 0 aromatic carbocycles. The predicted octanol–water partition coefficient (Wildman–Crippen LogP) is -1.30. The average molecular weight is 267 g/mol. The Hall–Kier alpha value is -1.18. The second kappa shape index (κ2) is 9.38. The first-order valence-electron chi connectivity index (χ1n) is 3.29. The topological polar surface area (TPSA) is 150 Å². The molecule has 0 atom stereocenters. The van der Waals surface area contributed by atoms with Crippen LogP contribution in [-0.2, 0) is 30.9 Å². The quantitative estimate of drug-likeness (QED) is 0.433. The first kappa shape index (κ1) is 19.4. The van der Waals surface area contributed by atoms with Crippen LogP contribution in [-0.4, -0.2) is 57.8 Å². The average Bonchev–Trinajstić information content (AvgIpc) is 1.80. The molecular formula is C6H12N2NiO6. The summed E-state index contributed by atoms with van der Waals surface area (Å²) < 4.78 is 0. The van der Waals surface area contributed by atoms with Gasteiger partial charge in [-0.1, -0.05) is 0 Å². The third-order valence-corrected chi connectivity index (χ3v) is 1.08. The van der Waals surface area contributed by atoms with Crippen LogP contribution in [0.5, 0.6) is 0 Å². The summed E-state index contributed by atoms with van der Waals surface area (Å²) in [6.45, 7) is -1.80. The van der Waals surface area contributed by atoms with E-state index in [1.807, 2.05) is 0 Å². The number of hydrogen-bond acceptors (Lipinski definition) is 5. The van der Waals surface area contributed by atoms with Crippen LogP contribution in [0.3, 0.4) is 0 Å². The first-order chi connectivity index (χ1) is 5.91. The molecular weight excluding hydrogens is 255 g/mol. The van der Waals surface area contributed by atoms with Gasteiger partial charge in [0.15, 0.2) is 0 Å². The van der Waals surface area contributed by atoms with Crippen molar-refractivity contribution in [2.75, 3.05) is 19.6 Å². The summed E-state index contributed by atoms with van der Waals surface area (Å²) >= 11 is 0. The number of aliphatic carboxylic acids is 3. The van der Waals surface area contributed by atoms with Crippen molar-refractivity contribution in [2.24, 2.45) is 0 Å². The Labute approximate surface area is 95.4 Å². The van der Waals surface area contributed by atoms with Crippen molar-refractivity contribution in [3.8, 4) is 0 Å². The molecule has 0 rings (SSSR count). The minimum atomic E-state index is -1.26. The van der Waals surface area contributed by atoms with E-state index in [0.29, 0.717) is 0 Å². The van der Waals surface area contributed by atoms with Crippen molar-refractivity contribution >= 4 is 17.9 Å². The molecule has 0 unspecified atom stereocenters. The van der Waals surface area contributed by atoms with E-state index in [4.69, 9.17) is 15.3 Å². The van der Waals surface area contributed by atoms with Crippen LogP contribution in [0.2, 0.25) is 0 Å². The Morgan fingerprint density at radius 3 is 1.13 bits per heavy atom. The summed E-state index contributed by atoms with van der Waals surface area (Å²) in [5, 5.41) is 24.8. The van der Waals surface area contributed by atoms with Crippen LogP contribution in [0.4, 0.5) is 0 Å². The van der Waals surface area contributed by atoms with Gasteiger partial charge in [0.1, 0.15) is 0 Å². The summed E-state index contributed by atoms with van der Waals surface area (Å²) in [5.41, 5.74) is 0. The number of rotatable bonds is 6. The molecule has 8 nitrogen and oxygen atoms in total. The molecule has 0 amide bonds. The van der Waals surface area contributed by atoms with Gasteiger partial charge in [-0.05, 0) is 0 Å². The number of hydrogen-bond donors (Lipinski definition) is 4. The number of carboxylic acid groups (broad SMARTS) is 3. The zero-order valence-corrected chi connectivity index (χ0v) is 8.65. The minimum absolute atomic E-state index is 0. The van der Waals surface area contributed by atoms with Gasteiger partial charge in [0.05, 0.1) is 19.6 Å². The molecule has 0 spiro atoms. The van der Waals surface area contributed by atoms with Gasteiger partial charge >= 0.3 is 17.9 Å². The number of carbonyl (C=O) groups is 3. The molecule has 0 aliphatic rings. The smallest absolute Gasteiger partial charge is 0.317 e. The van der Waals surface area contributed by atoms with Gasteiger partial charge in [0, 0.05) is 16.5 Å². The Balaban J connectivity index is -0.000000720. The van der Waals surface area contributed by atoms with Crippen LogP contribution < -0.4 is 6.15 Å². The Morgan fingerprint density at radius 2 is 1.00 bits per heavy atom. The maximum absolute atomic E-state index is 10.1. The van der Waals surface area contributed by atoms with Gasteiger partial charge < -0.3 is 21.5 Å². The number of nitrogens with zero attached hydrogens (tertiary/aromatic N) is 1. The zero-order valence-electron chi connectivity index (χ0n) is 7.66. The van der Waals surface area contributed by atoms with E-state index in [0.717, 1.165) is 4.90 Å². The summed E-state index contributed by atoms with van der Waals surface area (Å²) in [4.78, 5) is 31.2. The van der Waals surface area contributed by atoms with Gasteiger partial charge in [-0.25, -0.2) is 0 Å². The predicted molar refractivity (Wildman–Crippen MR) is 44.4 cm³/mol. The van der Waals surface area contributed by atoms with Crippen LogP contribution in [0.1, 0.15) is 0 Å². The van der Waals surface area contributed by atoms with Gasteiger partial charge in [-0.15, -0.1) is 0 Å². The fourth-order valence-electron chi connectivity index (χ4n) is 0.742. The summed E-state index contributed by atoms with van der Waals surface area (Å²) in [5.74, 6) is -3.78. The molecule has 0 aromatic rings. The SMILES string of the molecule is N.O=C(O)CN(CC(=O)O)CC(=O)O.[Ni]. The second-order valence-electron chi connectivity index (χ2n) is 2.33. The normalized spacial score (nSPS) is 8.60. The number of carboxylic acids is 3. The molecule has 0 saturated heterocycles. The molecule has 0 fully saturated rings. The Kier molecular flexibility index (Phi) is 12.1. The van der Waals surface area contributed by atoms with Crippen LogP contribution >= 0.6 is 0 Å². The van der Waals surface area contributed by atoms with Gasteiger partial charge in [-0.3, -0.25) is 19.3 Å². The molecule has 0 radical (unpaired) electrons. The second-order valence-corrected chi connectivity index (χ2v) is 2.33. The molecule has 92 valence electrons. The summed E-state index contributed by atoms with van der Waals surface area (Å²) in [7, 11) is 0. The monoisotopic (exact) mass is 266 g/mol. The zero-order chi connectivity index (χ0) is 10.4. The fraction of sp³-hybridized carbons (Fsp3) is 0.500. The van der Waals surface area contributed by atoms with Crippen LogP contribution in [0.25, 0.3) is 0 Å². The van der Waals surface area contributed by atoms with E-state index in [-0.39, 0.29) is 22.6 Å². The van der Waals surface area contributed by atoms with Crippen LogP contribution in [0.15, 0.2) is 0 Å². The third kappa shape index (κ3) is 12.8. The first-order valence-corrected chi connectivity index (χ1v) is 3.29. The van der Waals surface area contributed by atoms with Crippen molar-refractivity contribution in [3.63, 3.8) is 0 Å².